The molecule has 0 aliphatic carbocycles. The van der Waals surface area contributed by atoms with Crippen LogP contribution in [0.5, 0.6) is 0 Å². The maximum absolute atomic E-state index is 13.1. The number of aryl methyl sites for hydroxylation is 1. The lowest BCUT2D eigenvalue weighted by Gasteiger charge is -2.13. The number of nitrogens with one attached hydrogen (secondary N) is 2. The monoisotopic (exact) mass is 444 g/mol. The Kier molecular flexibility index (Phi) is 5.78. The number of furan rings is 1. The summed E-state index contributed by atoms with van der Waals surface area (Å²) in [4.78, 5) is 34.0. The van der Waals surface area contributed by atoms with Crippen molar-refractivity contribution in [3.05, 3.63) is 83.7 Å². The van der Waals surface area contributed by atoms with Crippen molar-refractivity contribution in [2.45, 2.75) is 33.1 Å². The first-order valence-corrected chi connectivity index (χ1v) is 10.4. The van der Waals surface area contributed by atoms with Gasteiger partial charge < -0.3 is 15.1 Å². The van der Waals surface area contributed by atoms with Crippen LogP contribution in [0.2, 0.25) is 0 Å². The normalized spacial score (nSPS) is 11.3. The second-order valence-electron chi connectivity index (χ2n) is 8.54. The summed E-state index contributed by atoms with van der Waals surface area (Å²) < 4.78 is 6.64. The van der Waals surface area contributed by atoms with Gasteiger partial charge in [-0.3, -0.25) is 9.59 Å². The van der Waals surface area contributed by atoms with E-state index >= 15 is 0 Å². The molecule has 2 amide bonds. The highest BCUT2D eigenvalue weighted by atomic mass is 16.3. The number of amides is 2. The molecule has 33 heavy (non-hydrogen) atoms. The van der Waals surface area contributed by atoms with Gasteiger partial charge in [0.1, 0.15) is 5.82 Å². The van der Waals surface area contributed by atoms with Gasteiger partial charge >= 0.3 is 0 Å². The largest absolute Gasteiger partial charge is 0.459 e. The third-order valence-electron chi connectivity index (χ3n) is 4.95. The summed E-state index contributed by atoms with van der Waals surface area (Å²) in [5, 5.41) is 10.3. The van der Waals surface area contributed by atoms with Crippen molar-refractivity contribution < 1.29 is 14.0 Å². The lowest BCUT2D eigenvalue weighted by Crippen LogP contribution is -2.17. The third kappa shape index (κ3) is 4.82. The molecule has 0 atom stereocenters. The Morgan fingerprint density at radius 1 is 0.970 bits per heavy atom. The molecule has 3 aromatic heterocycles. The molecular weight excluding hydrogens is 420 g/mol. The first-order chi connectivity index (χ1) is 15.7. The molecule has 9 heteroatoms. The zero-order chi connectivity index (χ0) is 23.6. The number of rotatable bonds is 5. The lowest BCUT2D eigenvalue weighted by atomic mass is 9.92. The van der Waals surface area contributed by atoms with Crippen LogP contribution in [0.3, 0.4) is 0 Å². The van der Waals surface area contributed by atoms with E-state index in [1.54, 1.807) is 48.8 Å². The molecule has 0 aliphatic heterocycles. The van der Waals surface area contributed by atoms with E-state index < -0.39 is 5.91 Å². The average Bonchev–Trinajstić information content (AvgIpc) is 3.46. The summed E-state index contributed by atoms with van der Waals surface area (Å²) >= 11 is 0. The summed E-state index contributed by atoms with van der Waals surface area (Å²) in [7, 11) is 0. The van der Waals surface area contributed by atoms with Crippen LogP contribution in [-0.2, 0) is 5.41 Å². The van der Waals surface area contributed by atoms with Gasteiger partial charge in [0.15, 0.2) is 5.76 Å². The molecule has 0 saturated heterocycles. The molecule has 0 fully saturated rings. The summed E-state index contributed by atoms with van der Waals surface area (Å²) in [6.45, 7) is 7.94. The first-order valence-electron chi connectivity index (χ1n) is 10.4. The molecule has 0 aliphatic rings. The van der Waals surface area contributed by atoms with Crippen molar-refractivity contribution in [2.75, 3.05) is 10.6 Å². The van der Waals surface area contributed by atoms with Crippen LogP contribution < -0.4 is 10.6 Å². The Bertz CT molecular complexity index is 1290. The second-order valence-corrected chi connectivity index (χ2v) is 8.54. The van der Waals surface area contributed by atoms with Crippen molar-refractivity contribution in [1.82, 2.24) is 19.7 Å². The molecule has 168 valence electrons. The SMILES string of the molecule is Cc1ccc(C(=O)Nc2cc(C(C)(C)C)nn2-c2ncccn2)cc1NC(=O)c1ccco1. The molecule has 0 unspecified atom stereocenters. The van der Waals surface area contributed by atoms with E-state index in [1.165, 1.54) is 10.9 Å². The number of hydrogen-bond donors (Lipinski definition) is 2. The molecule has 0 radical (unpaired) electrons. The van der Waals surface area contributed by atoms with Gasteiger partial charge in [-0.1, -0.05) is 26.8 Å². The molecule has 3 heterocycles. The fourth-order valence-corrected chi connectivity index (χ4v) is 3.07. The van der Waals surface area contributed by atoms with Gasteiger partial charge in [-0.2, -0.15) is 9.78 Å². The van der Waals surface area contributed by atoms with E-state index in [0.29, 0.717) is 23.0 Å². The molecule has 0 saturated carbocycles. The van der Waals surface area contributed by atoms with Gasteiger partial charge in [-0.05, 0) is 42.8 Å². The highest BCUT2D eigenvalue weighted by molar-refractivity contribution is 6.06. The minimum atomic E-state index is -0.394. The van der Waals surface area contributed by atoms with Crippen LogP contribution in [0.25, 0.3) is 5.95 Å². The quantitative estimate of drug-likeness (QED) is 0.472. The molecule has 4 rings (SSSR count). The topological polar surface area (TPSA) is 115 Å². The van der Waals surface area contributed by atoms with E-state index in [1.807, 2.05) is 33.8 Å². The number of nitrogens with zero attached hydrogens (tertiary/aromatic N) is 4. The van der Waals surface area contributed by atoms with Crippen molar-refractivity contribution in [1.29, 1.82) is 0 Å². The van der Waals surface area contributed by atoms with E-state index in [-0.39, 0.29) is 17.1 Å². The molecular formula is C24H24N6O3. The van der Waals surface area contributed by atoms with Gasteiger partial charge in [-0.15, -0.1) is 0 Å². The van der Waals surface area contributed by atoms with Crippen LogP contribution in [0.15, 0.2) is 65.5 Å². The summed E-state index contributed by atoms with van der Waals surface area (Å²) in [5.74, 6) is 0.220. The fourth-order valence-electron chi connectivity index (χ4n) is 3.07. The number of carbonyl (C=O) groups excluding carboxylic acids is 2. The highest BCUT2D eigenvalue weighted by Crippen LogP contribution is 2.26. The lowest BCUT2D eigenvalue weighted by molar-refractivity contribution is 0.0993. The van der Waals surface area contributed by atoms with Gasteiger partial charge in [0.2, 0.25) is 0 Å². The second kappa shape index (κ2) is 8.70. The van der Waals surface area contributed by atoms with Crippen LogP contribution in [0, 0.1) is 6.92 Å². The summed E-state index contributed by atoms with van der Waals surface area (Å²) in [6.07, 6.45) is 4.65. The standard InChI is InChI=1S/C24H24N6O3/c1-15-8-9-16(13-17(15)27-22(32)18-7-5-12-33-18)21(31)28-20-14-19(24(2,3)4)29-30(20)23-25-10-6-11-26-23/h5-14H,1-4H3,(H,27,32)(H,28,31). The average molecular weight is 444 g/mol. The Morgan fingerprint density at radius 2 is 1.73 bits per heavy atom. The number of carbonyl (C=O) groups is 2. The number of hydrogen-bond acceptors (Lipinski definition) is 6. The predicted molar refractivity (Wildman–Crippen MR) is 124 cm³/mol. The third-order valence-corrected chi connectivity index (χ3v) is 4.95. The zero-order valence-electron chi connectivity index (χ0n) is 18.8. The van der Waals surface area contributed by atoms with Crippen LogP contribution in [0.1, 0.15) is 52.9 Å². The van der Waals surface area contributed by atoms with Gasteiger partial charge in [0, 0.05) is 35.1 Å². The van der Waals surface area contributed by atoms with Crippen molar-refractivity contribution >= 4 is 23.3 Å². The molecule has 9 nitrogen and oxygen atoms in total. The Labute approximate surface area is 190 Å². The van der Waals surface area contributed by atoms with Crippen LogP contribution >= 0.6 is 0 Å². The maximum Gasteiger partial charge on any atom is 0.291 e. The molecule has 1 aromatic carbocycles. The van der Waals surface area contributed by atoms with E-state index in [2.05, 4.69) is 25.7 Å². The summed E-state index contributed by atoms with van der Waals surface area (Å²) in [6, 6.07) is 11.8. The minimum Gasteiger partial charge on any atom is -0.459 e. The van der Waals surface area contributed by atoms with Crippen LogP contribution in [0.4, 0.5) is 11.5 Å². The molecule has 0 spiro atoms. The maximum atomic E-state index is 13.1. The fraction of sp³-hybridized carbons (Fsp3) is 0.208. The number of benzene rings is 1. The summed E-state index contributed by atoms with van der Waals surface area (Å²) in [5.41, 5.74) is 2.23. The Balaban J connectivity index is 1.62. The highest BCUT2D eigenvalue weighted by Gasteiger charge is 2.23. The van der Waals surface area contributed by atoms with Crippen LogP contribution in [-0.4, -0.2) is 31.6 Å². The van der Waals surface area contributed by atoms with Crippen molar-refractivity contribution in [3.8, 4) is 5.95 Å². The van der Waals surface area contributed by atoms with Gasteiger partial charge in [-0.25, -0.2) is 9.97 Å². The number of anilines is 2. The predicted octanol–water partition coefficient (Wildman–Crippen LogP) is 4.37. The van der Waals surface area contributed by atoms with Crippen molar-refractivity contribution in [3.63, 3.8) is 0 Å². The Morgan fingerprint density at radius 3 is 2.39 bits per heavy atom. The minimum absolute atomic E-state index is 0.186. The first kappa shape index (κ1) is 21.9. The molecule has 4 aromatic rings. The van der Waals surface area contributed by atoms with Gasteiger partial charge in [0.25, 0.3) is 17.8 Å². The zero-order valence-corrected chi connectivity index (χ0v) is 18.8. The van der Waals surface area contributed by atoms with E-state index in [0.717, 1.165) is 11.3 Å². The van der Waals surface area contributed by atoms with E-state index in [9.17, 15) is 9.59 Å². The number of aromatic nitrogens is 4. The van der Waals surface area contributed by atoms with Gasteiger partial charge in [0.05, 0.1) is 12.0 Å². The van der Waals surface area contributed by atoms with E-state index in [4.69, 9.17) is 4.42 Å². The Hall–Kier alpha value is -4.27. The smallest absolute Gasteiger partial charge is 0.291 e. The van der Waals surface area contributed by atoms with Crippen molar-refractivity contribution in [2.24, 2.45) is 0 Å². The molecule has 2 N–H and O–H groups in total. The molecule has 0 bridgehead atoms.